The molecule has 100 valence electrons. The van der Waals surface area contributed by atoms with Crippen LogP contribution >= 0.6 is 0 Å². The van der Waals surface area contributed by atoms with Gasteiger partial charge in [0.1, 0.15) is 0 Å². The minimum absolute atomic E-state index is 0.375. The number of amides is 1. The molecule has 0 aliphatic carbocycles. The highest BCUT2D eigenvalue weighted by Gasteiger charge is 2.04. The van der Waals surface area contributed by atoms with Crippen molar-refractivity contribution in [2.24, 2.45) is 11.7 Å². The van der Waals surface area contributed by atoms with E-state index in [-0.39, 0.29) is 5.91 Å². The molecule has 1 amide bonds. The summed E-state index contributed by atoms with van der Waals surface area (Å²) in [4.78, 5) is 10.9. The zero-order chi connectivity index (χ0) is 13.5. The molecule has 1 aromatic carbocycles. The fourth-order valence-corrected chi connectivity index (χ4v) is 1.76. The van der Waals surface area contributed by atoms with Crippen molar-refractivity contribution in [3.05, 3.63) is 35.4 Å². The summed E-state index contributed by atoms with van der Waals surface area (Å²) in [5.41, 5.74) is 6.94. The zero-order valence-electron chi connectivity index (χ0n) is 11.6. The van der Waals surface area contributed by atoms with E-state index in [1.165, 1.54) is 18.4 Å². The van der Waals surface area contributed by atoms with Gasteiger partial charge in [-0.15, -0.1) is 0 Å². The minimum Gasteiger partial charge on any atom is -0.366 e. The van der Waals surface area contributed by atoms with Crippen molar-refractivity contribution in [3.8, 4) is 0 Å². The van der Waals surface area contributed by atoms with E-state index in [0.717, 1.165) is 12.5 Å². The number of carbonyl (C=O) groups is 1. The van der Waals surface area contributed by atoms with Crippen molar-refractivity contribution >= 4 is 5.91 Å². The molecule has 0 saturated heterocycles. The first kappa shape index (κ1) is 14.7. The molecular weight excluding hydrogens is 224 g/mol. The van der Waals surface area contributed by atoms with E-state index in [9.17, 15) is 4.79 Å². The second-order valence-corrected chi connectivity index (χ2v) is 5.31. The third-order valence-corrected chi connectivity index (χ3v) is 3.07. The molecule has 3 heteroatoms. The number of nitrogens with two attached hydrogens (primary N) is 1. The molecule has 0 saturated carbocycles. The number of nitrogens with one attached hydrogen (secondary N) is 1. The van der Waals surface area contributed by atoms with Crippen LogP contribution in [0.1, 0.15) is 49.5 Å². The maximum atomic E-state index is 10.9. The molecule has 0 heterocycles. The van der Waals surface area contributed by atoms with Gasteiger partial charge in [-0.1, -0.05) is 26.0 Å². The third kappa shape index (κ3) is 5.32. The van der Waals surface area contributed by atoms with Crippen molar-refractivity contribution in [2.75, 3.05) is 0 Å². The zero-order valence-corrected chi connectivity index (χ0v) is 11.6. The molecule has 0 aliphatic rings. The summed E-state index contributed by atoms with van der Waals surface area (Å²) in [6.45, 7) is 7.53. The Balaban J connectivity index is 2.36. The third-order valence-electron chi connectivity index (χ3n) is 3.07. The highest BCUT2D eigenvalue weighted by atomic mass is 16.1. The van der Waals surface area contributed by atoms with Crippen molar-refractivity contribution in [2.45, 2.75) is 46.2 Å². The number of benzene rings is 1. The van der Waals surface area contributed by atoms with Gasteiger partial charge in [-0.25, -0.2) is 0 Å². The van der Waals surface area contributed by atoms with E-state index in [2.05, 4.69) is 26.1 Å². The van der Waals surface area contributed by atoms with Gasteiger partial charge < -0.3 is 11.1 Å². The lowest BCUT2D eigenvalue weighted by Gasteiger charge is -2.15. The molecule has 1 rings (SSSR count). The molecule has 3 N–H and O–H groups in total. The van der Waals surface area contributed by atoms with Gasteiger partial charge in [0.15, 0.2) is 0 Å². The first-order valence-electron chi connectivity index (χ1n) is 6.61. The fraction of sp³-hybridized carbons (Fsp3) is 0.533. The lowest BCUT2D eigenvalue weighted by Crippen LogP contribution is -2.25. The average Bonchev–Trinajstić information content (AvgIpc) is 2.34. The Labute approximate surface area is 110 Å². The summed E-state index contributed by atoms with van der Waals surface area (Å²) in [6, 6.07) is 7.96. The molecule has 18 heavy (non-hydrogen) atoms. The Morgan fingerprint density at radius 3 is 2.28 bits per heavy atom. The first-order valence-corrected chi connectivity index (χ1v) is 6.61. The molecule has 0 aliphatic heterocycles. The number of primary amides is 1. The van der Waals surface area contributed by atoms with Crippen LogP contribution in [0.4, 0.5) is 0 Å². The largest absolute Gasteiger partial charge is 0.366 e. The molecule has 0 fully saturated rings. The summed E-state index contributed by atoms with van der Waals surface area (Å²) >= 11 is 0. The Kier molecular flexibility index (Phi) is 5.86. The Bertz CT molecular complexity index is 371. The smallest absolute Gasteiger partial charge is 0.248 e. The number of hydrogen-bond donors (Lipinski definition) is 2. The summed E-state index contributed by atoms with van der Waals surface area (Å²) in [6.07, 6.45) is 2.44. The lowest BCUT2D eigenvalue weighted by molar-refractivity contribution is 0.100. The standard InChI is InChI=1S/C15H24N2O/c1-11(2)4-5-12(3)17-10-13-6-8-14(9-7-13)15(16)18/h6-9,11-12,17H,4-5,10H2,1-3H3,(H2,16,18). The van der Waals surface area contributed by atoms with Gasteiger partial charge in [0.25, 0.3) is 0 Å². The van der Waals surface area contributed by atoms with Crippen LogP contribution in [0.3, 0.4) is 0 Å². The maximum absolute atomic E-state index is 10.9. The topological polar surface area (TPSA) is 55.1 Å². The monoisotopic (exact) mass is 248 g/mol. The molecule has 0 spiro atoms. The SMILES string of the molecule is CC(C)CCC(C)NCc1ccc(C(N)=O)cc1. The Morgan fingerprint density at radius 1 is 1.17 bits per heavy atom. The number of rotatable bonds is 7. The predicted molar refractivity (Wildman–Crippen MR) is 75.3 cm³/mol. The van der Waals surface area contributed by atoms with Crippen LogP contribution in [-0.4, -0.2) is 11.9 Å². The van der Waals surface area contributed by atoms with E-state index in [1.807, 2.05) is 12.1 Å². The molecule has 0 radical (unpaired) electrons. The summed E-state index contributed by atoms with van der Waals surface area (Å²) in [7, 11) is 0. The number of hydrogen-bond acceptors (Lipinski definition) is 2. The molecule has 1 aromatic rings. The van der Waals surface area contributed by atoms with Crippen LogP contribution in [0, 0.1) is 5.92 Å². The molecular formula is C15H24N2O. The van der Waals surface area contributed by atoms with Crippen molar-refractivity contribution < 1.29 is 4.79 Å². The molecule has 1 atom stereocenters. The molecule has 0 aromatic heterocycles. The van der Waals surface area contributed by atoms with Crippen LogP contribution < -0.4 is 11.1 Å². The van der Waals surface area contributed by atoms with Gasteiger partial charge in [0.2, 0.25) is 5.91 Å². The van der Waals surface area contributed by atoms with E-state index in [4.69, 9.17) is 5.73 Å². The highest BCUT2D eigenvalue weighted by molar-refractivity contribution is 5.92. The lowest BCUT2D eigenvalue weighted by atomic mass is 10.0. The van der Waals surface area contributed by atoms with Crippen LogP contribution in [0.2, 0.25) is 0 Å². The van der Waals surface area contributed by atoms with Crippen LogP contribution in [0.25, 0.3) is 0 Å². The van der Waals surface area contributed by atoms with Gasteiger partial charge in [0, 0.05) is 18.2 Å². The summed E-state index contributed by atoms with van der Waals surface area (Å²) in [5, 5.41) is 3.49. The highest BCUT2D eigenvalue weighted by Crippen LogP contribution is 2.08. The van der Waals surface area contributed by atoms with E-state index >= 15 is 0 Å². The van der Waals surface area contributed by atoms with Crippen molar-refractivity contribution in [1.82, 2.24) is 5.32 Å². The van der Waals surface area contributed by atoms with Gasteiger partial charge >= 0.3 is 0 Å². The van der Waals surface area contributed by atoms with Gasteiger partial charge in [-0.05, 0) is 43.4 Å². The Hall–Kier alpha value is -1.35. The summed E-state index contributed by atoms with van der Waals surface area (Å²) < 4.78 is 0. The molecule has 0 bridgehead atoms. The number of carbonyl (C=O) groups excluding carboxylic acids is 1. The second-order valence-electron chi connectivity index (χ2n) is 5.31. The van der Waals surface area contributed by atoms with Crippen LogP contribution in [-0.2, 0) is 6.54 Å². The molecule has 3 nitrogen and oxygen atoms in total. The second kappa shape index (κ2) is 7.17. The first-order chi connectivity index (χ1) is 8.49. The van der Waals surface area contributed by atoms with Crippen LogP contribution in [0.15, 0.2) is 24.3 Å². The van der Waals surface area contributed by atoms with Gasteiger partial charge in [-0.2, -0.15) is 0 Å². The van der Waals surface area contributed by atoms with Crippen molar-refractivity contribution in [1.29, 1.82) is 0 Å². The predicted octanol–water partition coefficient (Wildman–Crippen LogP) is 2.70. The fourth-order valence-electron chi connectivity index (χ4n) is 1.76. The quantitative estimate of drug-likeness (QED) is 0.779. The molecule has 1 unspecified atom stereocenters. The van der Waals surface area contributed by atoms with E-state index < -0.39 is 0 Å². The minimum atomic E-state index is -0.375. The van der Waals surface area contributed by atoms with Crippen LogP contribution in [0.5, 0.6) is 0 Å². The van der Waals surface area contributed by atoms with Gasteiger partial charge in [-0.3, -0.25) is 4.79 Å². The maximum Gasteiger partial charge on any atom is 0.248 e. The Morgan fingerprint density at radius 2 is 1.78 bits per heavy atom. The van der Waals surface area contributed by atoms with Gasteiger partial charge in [0.05, 0.1) is 0 Å². The summed E-state index contributed by atoms with van der Waals surface area (Å²) in [5.74, 6) is 0.379. The normalized spacial score (nSPS) is 12.7. The average molecular weight is 248 g/mol. The van der Waals surface area contributed by atoms with E-state index in [0.29, 0.717) is 11.6 Å². The van der Waals surface area contributed by atoms with Crippen molar-refractivity contribution in [3.63, 3.8) is 0 Å². The van der Waals surface area contributed by atoms with E-state index in [1.54, 1.807) is 12.1 Å².